The molecule has 1 radical (unpaired) electrons. The van der Waals surface area contributed by atoms with Gasteiger partial charge < -0.3 is 4.74 Å². The van der Waals surface area contributed by atoms with Gasteiger partial charge in [-0.1, -0.05) is 48.5 Å². The summed E-state index contributed by atoms with van der Waals surface area (Å²) in [6, 6.07) is 22.5. The van der Waals surface area contributed by atoms with Crippen molar-refractivity contribution in [2.45, 2.75) is 13.3 Å². The number of aryl methyl sites for hydroxylation is 1. The fraction of sp³-hybridized carbons (Fsp3) is 0.100. The Kier molecular flexibility index (Phi) is 3.08. The van der Waals surface area contributed by atoms with Crippen molar-refractivity contribution < 1.29 is 4.74 Å². The van der Waals surface area contributed by atoms with Crippen molar-refractivity contribution in [2.75, 3.05) is 0 Å². The van der Waals surface area contributed by atoms with Crippen molar-refractivity contribution >= 4 is 11.4 Å². The fourth-order valence-corrected chi connectivity index (χ4v) is 2.82. The molecular formula is C20H16NO. The van der Waals surface area contributed by atoms with E-state index < -0.39 is 0 Å². The van der Waals surface area contributed by atoms with E-state index in [1.165, 1.54) is 16.7 Å². The van der Waals surface area contributed by atoms with E-state index in [9.17, 15) is 0 Å². The highest BCUT2D eigenvalue weighted by molar-refractivity contribution is 5.71. The molecule has 0 saturated heterocycles. The van der Waals surface area contributed by atoms with Crippen molar-refractivity contribution in [3.8, 4) is 11.5 Å². The zero-order valence-electron chi connectivity index (χ0n) is 12.4. The second-order valence-corrected chi connectivity index (χ2v) is 5.55. The third-order valence-corrected chi connectivity index (χ3v) is 4.02. The Hall–Kier alpha value is -2.74. The molecule has 0 fully saturated rings. The number of nitrogens with zero attached hydrogens (tertiary/aromatic N) is 1. The van der Waals surface area contributed by atoms with Gasteiger partial charge in [-0.05, 0) is 48.2 Å². The van der Waals surface area contributed by atoms with Crippen LogP contribution in [0.25, 0.3) is 0 Å². The van der Waals surface area contributed by atoms with Gasteiger partial charge in [0.25, 0.3) is 0 Å². The Bertz CT molecular complexity index is 821. The minimum absolute atomic E-state index is 0.824. The molecule has 3 aromatic rings. The molecule has 1 aliphatic heterocycles. The standard InChI is InChI=1S/C20H16NO/c1-14-11-12-19-20(16(14)13-15-7-3-2-4-8-15)21-17-9-5-6-10-18(17)22-19/h2-12H,13H2,1H3. The van der Waals surface area contributed by atoms with Crippen LogP contribution in [0.1, 0.15) is 16.7 Å². The first-order valence-electron chi connectivity index (χ1n) is 7.46. The van der Waals surface area contributed by atoms with Gasteiger partial charge in [-0.3, -0.25) is 0 Å². The van der Waals surface area contributed by atoms with Crippen molar-refractivity contribution in [1.29, 1.82) is 0 Å². The number of ether oxygens (including phenoxy) is 1. The van der Waals surface area contributed by atoms with E-state index in [0.717, 1.165) is 29.3 Å². The Morgan fingerprint density at radius 1 is 0.818 bits per heavy atom. The molecule has 2 heteroatoms. The monoisotopic (exact) mass is 286 g/mol. The van der Waals surface area contributed by atoms with Crippen LogP contribution in [0, 0.1) is 6.92 Å². The second kappa shape index (κ2) is 5.23. The third kappa shape index (κ3) is 2.23. The first-order valence-corrected chi connectivity index (χ1v) is 7.46. The highest BCUT2D eigenvalue weighted by Gasteiger charge is 2.21. The number of para-hydroxylation sites is 2. The second-order valence-electron chi connectivity index (χ2n) is 5.55. The number of benzene rings is 3. The Morgan fingerprint density at radius 3 is 2.45 bits per heavy atom. The maximum atomic E-state index is 6.02. The lowest BCUT2D eigenvalue weighted by atomic mass is 9.97. The zero-order chi connectivity index (χ0) is 14.9. The summed E-state index contributed by atoms with van der Waals surface area (Å²) in [4.78, 5) is 0. The third-order valence-electron chi connectivity index (χ3n) is 4.02. The Morgan fingerprint density at radius 2 is 1.59 bits per heavy atom. The zero-order valence-corrected chi connectivity index (χ0v) is 12.4. The SMILES string of the molecule is Cc1ccc2c(c1Cc1ccccc1)[N]c1ccccc1O2. The number of rotatable bonds is 2. The fourth-order valence-electron chi connectivity index (χ4n) is 2.82. The summed E-state index contributed by atoms with van der Waals surface area (Å²) < 4.78 is 6.02. The maximum absolute atomic E-state index is 6.02. The minimum Gasteiger partial charge on any atom is -0.453 e. The average Bonchev–Trinajstić information content (AvgIpc) is 2.57. The molecule has 107 valence electrons. The predicted octanol–water partition coefficient (Wildman–Crippen LogP) is 5.26. The lowest BCUT2D eigenvalue weighted by Gasteiger charge is -2.23. The van der Waals surface area contributed by atoms with Crippen molar-refractivity contribution in [1.82, 2.24) is 5.32 Å². The quantitative estimate of drug-likeness (QED) is 0.493. The Balaban J connectivity index is 1.78. The first kappa shape index (κ1) is 13.0. The van der Waals surface area contributed by atoms with Gasteiger partial charge >= 0.3 is 0 Å². The van der Waals surface area contributed by atoms with Crippen molar-refractivity contribution in [2.24, 2.45) is 0 Å². The largest absolute Gasteiger partial charge is 0.453 e. The maximum Gasteiger partial charge on any atom is 0.153 e. The molecule has 0 N–H and O–H groups in total. The molecule has 22 heavy (non-hydrogen) atoms. The van der Waals surface area contributed by atoms with Gasteiger partial charge in [0.15, 0.2) is 11.5 Å². The molecule has 1 aliphatic rings. The molecule has 0 aliphatic carbocycles. The van der Waals surface area contributed by atoms with Crippen LogP contribution in [0.4, 0.5) is 11.4 Å². The first-order chi connectivity index (χ1) is 10.8. The van der Waals surface area contributed by atoms with E-state index in [2.05, 4.69) is 37.3 Å². The van der Waals surface area contributed by atoms with E-state index >= 15 is 0 Å². The lowest BCUT2D eigenvalue weighted by Crippen LogP contribution is -2.06. The van der Waals surface area contributed by atoms with Crippen LogP contribution in [0.3, 0.4) is 0 Å². The summed E-state index contributed by atoms with van der Waals surface area (Å²) in [5.74, 6) is 1.67. The molecule has 0 spiro atoms. The molecule has 2 nitrogen and oxygen atoms in total. The number of fused-ring (bicyclic) bond motifs is 2. The van der Waals surface area contributed by atoms with Gasteiger partial charge in [-0.15, -0.1) is 0 Å². The topological polar surface area (TPSA) is 23.3 Å². The van der Waals surface area contributed by atoms with Gasteiger partial charge in [-0.25, -0.2) is 5.32 Å². The van der Waals surface area contributed by atoms with E-state index in [0.29, 0.717) is 0 Å². The van der Waals surface area contributed by atoms with Gasteiger partial charge in [0.1, 0.15) is 11.4 Å². The molecule has 0 aromatic heterocycles. The lowest BCUT2D eigenvalue weighted by molar-refractivity contribution is 0.470. The summed E-state index contributed by atoms with van der Waals surface area (Å²) >= 11 is 0. The van der Waals surface area contributed by atoms with Crippen molar-refractivity contribution in [3.05, 3.63) is 83.4 Å². The van der Waals surface area contributed by atoms with Gasteiger partial charge in [0.05, 0.1) is 0 Å². The molecule has 0 atom stereocenters. The highest BCUT2D eigenvalue weighted by atomic mass is 16.5. The highest BCUT2D eigenvalue weighted by Crippen LogP contribution is 2.44. The van der Waals surface area contributed by atoms with Crippen LogP contribution in [0.2, 0.25) is 0 Å². The number of hydrogen-bond acceptors (Lipinski definition) is 1. The molecule has 0 unspecified atom stereocenters. The summed E-state index contributed by atoms with van der Waals surface area (Å²) in [5.41, 5.74) is 5.62. The van der Waals surface area contributed by atoms with Crippen LogP contribution in [0.15, 0.2) is 66.7 Å². The van der Waals surface area contributed by atoms with E-state index in [-0.39, 0.29) is 0 Å². The molecule has 0 amide bonds. The molecule has 4 rings (SSSR count). The number of hydrogen-bond donors (Lipinski definition) is 0. The van der Waals surface area contributed by atoms with E-state index in [1.807, 2.05) is 36.4 Å². The van der Waals surface area contributed by atoms with Crippen LogP contribution in [0.5, 0.6) is 11.5 Å². The Labute approximate surface area is 130 Å². The van der Waals surface area contributed by atoms with Gasteiger partial charge in [0.2, 0.25) is 0 Å². The van der Waals surface area contributed by atoms with Crippen LogP contribution < -0.4 is 10.1 Å². The predicted molar refractivity (Wildman–Crippen MR) is 88.4 cm³/mol. The molecule has 3 aromatic carbocycles. The van der Waals surface area contributed by atoms with Crippen LogP contribution in [-0.2, 0) is 6.42 Å². The van der Waals surface area contributed by atoms with Crippen molar-refractivity contribution in [3.63, 3.8) is 0 Å². The summed E-state index contributed by atoms with van der Waals surface area (Å²) in [7, 11) is 0. The molecule has 0 bridgehead atoms. The summed E-state index contributed by atoms with van der Waals surface area (Å²) in [5, 5.41) is 4.84. The van der Waals surface area contributed by atoms with E-state index in [1.54, 1.807) is 0 Å². The van der Waals surface area contributed by atoms with Gasteiger partial charge in [0, 0.05) is 0 Å². The molecular weight excluding hydrogens is 270 g/mol. The molecule has 1 heterocycles. The smallest absolute Gasteiger partial charge is 0.153 e. The summed E-state index contributed by atoms with van der Waals surface area (Å²) in [6.45, 7) is 2.13. The normalized spacial score (nSPS) is 11.9. The van der Waals surface area contributed by atoms with Crippen LogP contribution >= 0.6 is 0 Å². The molecule has 0 saturated carbocycles. The van der Waals surface area contributed by atoms with Gasteiger partial charge in [-0.2, -0.15) is 0 Å². The average molecular weight is 286 g/mol. The van der Waals surface area contributed by atoms with Crippen LogP contribution in [-0.4, -0.2) is 0 Å². The van der Waals surface area contributed by atoms with E-state index in [4.69, 9.17) is 10.1 Å². The summed E-state index contributed by atoms with van der Waals surface area (Å²) in [6.07, 6.45) is 0.866. The minimum atomic E-state index is 0.824.